The van der Waals surface area contributed by atoms with Crippen LogP contribution in [0.4, 0.5) is 17.5 Å². The molecule has 110 valence electrons. The predicted octanol–water partition coefficient (Wildman–Crippen LogP) is 2.24. The summed E-state index contributed by atoms with van der Waals surface area (Å²) in [7, 11) is 0. The van der Waals surface area contributed by atoms with Crippen molar-refractivity contribution in [2.24, 2.45) is 0 Å². The van der Waals surface area contributed by atoms with Gasteiger partial charge in [-0.1, -0.05) is 12.1 Å². The molecule has 3 heterocycles. The van der Waals surface area contributed by atoms with Gasteiger partial charge in [-0.3, -0.25) is 0 Å². The second-order valence-electron chi connectivity index (χ2n) is 5.07. The van der Waals surface area contributed by atoms with Gasteiger partial charge in [-0.15, -0.1) is 0 Å². The van der Waals surface area contributed by atoms with Crippen molar-refractivity contribution in [2.45, 2.75) is 6.92 Å². The van der Waals surface area contributed by atoms with Gasteiger partial charge in [0.25, 0.3) is 0 Å². The third-order valence-electron chi connectivity index (χ3n) is 3.67. The molecule has 0 unspecified atom stereocenters. The van der Waals surface area contributed by atoms with E-state index in [9.17, 15) is 0 Å². The monoisotopic (exact) mass is 283 g/mol. The van der Waals surface area contributed by atoms with Crippen molar-refractivity contribution in [3.8, 4) is 0 Å². The van der Waals surface area contributed by atoms with Crippen molar-refractivity contribution in [3.63, 3.8) is 0 Å². The van der Waals surface area contributed by atoms with Crippen LogP contribution in [0.3, 0.4) is 0 Å². The third kappa shape index (κ3) is 3.24. The minimum Gasteiger partial charge on any atom is -0.370 e. The molecule has 5 heteroatoms. The average molecular weight is 283 g/mol. The van der Waals surface area contributed by atoms with E-state index in [0.717, 1.165) is 50.2 Å². The van der Waals surface area contributed by atoms with E-state index in [2.05, 4.69) is 50.2 Å². The van der Waals surface area contributed by atoms with Crippen molar-refractivity contribution in [1.29, 1.82) is 0 Å². The highest BCUT2D eigenvalue weighted by atomic mass is 15.3. The highest BCUT2D eigenvalue weighted by Gasteiger charge is 2.18. The number of hydrogen-bond acceptors (Lipinski definition) is 5. The van der Waals surface area contributed by atoms with Crippen LogP contribution in [-0.4, -0.2) is 42.7 Å². The second kappa shape index (κ2) is 6.43. The first-order chi connectivity index (χ1) is 10.4. The Morgan fingerprint density at radius 3 is 2.33 bits per heavy atom. The highest BCUT2D eigenvalue weighted by molar-refractivity contribution is 5.49. The SMILES string of the molecule is CCNc1cccc(N2CCN(c3ccccn3)CC2)n1. The number of nitrogens with zero attached hydrogens (tertiary/aromatic N) is 4. The van der Waals surface area contributed by atoms with Gasteiger partial charge in [-0.2, -0.15) is 0 Å². The van der Waals surface area contributed by atoms with E-state index < -0.39 is 0 Å². The summed E-state index contributed by atoms with van der Waals surface area (Å²) in [6.07, 6.45) is 1.85. The van der Waals surface area contributed by atoms with Crippen molar-refractivity contribution in [3.05, 3.63) is 42.6 Å². The Kier molecular flexibility index (Phi) is 4.19. The lowest BCUT2D eigenvalue weighted by Crippen LogP contribution is -2.47. The van der Waals surface area contributed by atoms with E-state index in [4.69, 9.17) is 0 Å². The molecule has 1 fully saturated rings. The number of hydrogen-bond donors (Lipinski definition) is 1. The topological polar surface area (TPSA) is 44.3 Å². The van der Waals surface area contributed by atoms with Crippen LogP contribution in [0.15, 0.2) is 42.6 Å². The molecular formula is C16H21N5. The van der Waals surface area contributed by atoms with E-state index in [0.29, 0.717) is 0 Å². The lowest BCUT2D eigenvalue weighted by molar-refractivity contribution is 0.642. The van der Waals surface area contributed by atoms with E-state index in [-0.39, 0.29) is 0 Å². The lowest BCUT2D eigenvalue weighted by atomic mass is 10.3. The molecule has 1 saturated heterocycles. The summed E-state index contributed by atoms with van der Waals surface area (Å²) in [5, 5.41) is 3.26. The van der Waals surface area contributed by atoms with Crippen LogP contribution in [0, 0.1) is 0 Å². The van der Waals surface area contributed by atoms with Gasteiger partial charge < -0.3 is 15.1 Å². The summed E-state index contributed by atoms with van der Waals surface area (Å²) in [6, 6.07) is 12.2. The Hall–Kier alpha value is -2.30. The summed E-state index contributed by atoms with van der Waals surface area (Å²) in [4.78, 5) is 13.7. The second-order valence-corrected chi connectivity index (χ2v) is 5.07. The summed E-state index contributed by atoms with van der Waals surface area (Å²) in [5.74, 6) is 3.06. The maximum Gasteiger partial charge on any atom is 0.131 e. The Labute approximate surface area is 125 Å². The summed E-state index contributed by atoms with van der Waals surface area (Å²) < 4.78 is 0. The molecule has 0 saturated carbocycles. The molecule has 2 aromatic heterocycles. The summed E-state index contributed by atoms with van der Waals surface area (Å²) in [5.41, 5.74) is 0. The quantitative estimate of drug-likeness (QED) is 0.932. The summed E-state index contributed by atoms with van der Waals surface area (Å²) >= 11 is 0. The Balaban J connectivity index is 1.64. The van der Waals surface area contributed by atoms with Gasteiger partial charge in [0.15, 0.2) is 0 Å². The largest absolute Gasteiger partial charge is 0.370 e. The maximum absolute atomic E-state index is 4.66. The van der Waals surface area contributed by atoms with Crippen LogP contribution in [0.5, 0.6) is 0 Å². The van der Waals surface area contributed by atoms with Crippen LogP contribution in [0.25, 0.3) is 0 Å². The first kappa shape index (κ1) is 13.7. The zero-order valence-corrected chi connectivity index (χ0v) is 12.4. The number of rotatable bonds is 4. The van der Waals surface area contributed by atoms with Crippen molar-refractivity contribution < 1.29 is 0 Å². The minimum absolute atomic E-state index is 0.893. The fraction of sp³-hybridized carbons (Fsp3) is 0.375. The molecule has 0 spiro atoms. The Morgan fingerprint density at radius 1 is 0.952 bits per heavy atom. The first-order valence-corrected chi connectivity index (χ1v) is 7.48. The molecule has 5 nitrogen and oxygen atoms in total. The van der Waals surface area contributed by atoms with Gasteiger partial charge in [0.05, 0.1) is 0 Å². The van der Waals surface area contributed by atoms with Crippen LogP contribution in [0.1, 0.15) is 6.92 Å². The van der Waals surface area contributed by atoms with Gasteiger partial charge in [0.2, 0.25) is 0 Å². The molecule has 0 aliphatic carbocycles. The fourth-order valence-corrected chi connectivity index (χ4v) is 2.58. The molecule has 0 aromatic carbocycles. The molecule has 0 atom stereocenters. The number of piperazine rings is 1. The van der Waals surface area contributed by atoms with Crippen molar-refractivity contribution >= 4 is 17.5 Å². The average Bonchev–Trinajstić information content (AvgIpc) is 2.56. The molecule has 0 radical (unpaired) electrons. The molecule has 2 aromatic rings. The molecule has 1 aliphatic heterocycles. The van der Waals surface area contributed by atoms with Crippen molar-refractivity contribution in [2.75, 3.05) is 47.8 Å². The predicted molar refractivity (Wildman–Crippen MR) is 87.1 cm³/mol. The number of nitrogens with one attached hydrogen (secondary N) is 1. The van der Waals surface area contributed by atoms with Gasteiger partial charge >= 0.3 is 0 Å². The minimum atomic E-state index is 0.893. The van der Waals surface area contributed by atoms with E-state index >= 15 is 0 Å². The third-order valence-corrected chi connectivity index (χ3v) is 3.67. The first-order valence-electron chi connectivity index (χ1n) is 7.48. The molecule has 1 aliphatic rings. The molecule has 0 bridgehead atoms. The number of aromatic nitrogens is 2. The van der Waals surface area contributed by atoms with Crippen molar-refractivity contribution in [1.82, 2.24) is 9.97 Å². The number of anilines is 3. The summed E-state index contributed by atoms with van der Waals surface area (Å²) in [6.45, 7) is 6.87. The van der Waals surface area contributed by atoms with Gasteiger partial charge in [-0.05, 0) is 31.2 Å². The molecule has 0 amide bonds. The number of pyridine rings is 2. The fourth-order valence-electron chi connectivity index (χ4n) is 2.58. The Bertz CT molecular complexity index is 564. The van der Waals surface area contributed by atoms with Crippen LogP contribution in [-0.2, 0) is 0 Å². The molecular weight excluding hydrogens is 262 g/mol. The molecule has 3 rings (SSSR count). The van der Waals surface area contributed by atoms with E-state index in [1.54, 1.807) is 0 Å². The van der Waals surface area contributed by atoms with Gasteiger partial charge in [0.1, 0.15) is 17.5 Å². The van der Waals surface area contributed by atoms with Crippen LogP contribution >= 0.6 is 0 Å². The van der Waals surface area contributed by atoms with Crippen LogP contribution in [0.2, 0.25) is 0 Å². The van der Waals surface area contributed by atoms with Gasteiger partial charge in [0, 0.05) is 38.9 Å². The lowest BCUT2D eigenvalue weighted by Gasteiger charge is -2.36. The Morgan fingerprint density at radius 2 is 1.67 bits per heavy atom. The standard InChI is InChI=1S/C16H21N5/c1-2-17-14-6-5-8-16(19-14)21-12-10-20(11-13-21)15-7-3-4-9-18-15/h3-9H,2,10-13H2,1H3,(H,17,19). The molecule has 21 heavy (non-hydrogen) atoms. The van der Waals surface area contributed by atoms with E-state index in [1.165, 1.54) is 0 Å². The van der Waals surface area contributed by atoms with Gasteiger partial charge in [-0.25, -0.2) is 9.97 Å². The smallest absolute Gasteiger partial charge is 0.131 e. The highest BCUT2D eigenvalue weighted by Crippen LogP contribution is 2.18. The zero-order chi connectivity index (χ0) is 14.5. The zero-order valence-electron chi connectivity index (χ0n) is 12.4. The maximum atomic E-state index is 4.66. The molecule has 1 N–H and O–H groups in total. The normalized spacial score (nSPS) is 15.1. The van der Waals surface area contributed by atoms with E-state index in [1.807, 2.05) is 24.4 Å². The van der Waals surface area contributed by atoms with Crippen LogP contribution < -0.4 is 15.1 Å².